The van der Waals surface area contributed by atoms with Crippen LogP contribution in [0.4, 0.5) is 0 Å². The molecule has 2 aromatic carbocycles. The molecule has 124 valence electrons. The monoisotopic (exact) mass is 370 g/mol. The molecule has 6 nitrogen and oxygen atoms in total. The van der Waals surface area contributed by atoms with Gasteiger partial charge in [-0.25, -0.2) is 0 Å². The summed E-state index contributed by atoms with van der Waals surface area (Å²) in [5.74, 6) is -0.482. The van der Waals surface area contributed by atoms with Gasteiger partial charge in [0.05, 0.1) is 10.9 Å². The lowest BCUT2D eigenvalue weighted by atomic mass is 10.2. The van der Waals surface area contributed by atoms with Crippen LogP contribution in [0.2, 0.25) is 5.02 Å². The molecule has 0 saturated carbocycles. The Labute approximate surface area is 151 Å². The zero-order valence-electron chi connectivity index (χ0n) is 12.7. The standard InChI is InChI=1S/C17H11ClN4O2S/c18-10-5-6-12-9(7-10)8-14(19-12)15(23)21-22-16(24)11-3-1-2-4-13(11)20-17(22)25/h1-8,19H,(H,20,25)(H,21,23). The number of nitrogens with zero attached hydrogens (tertiary/aromatic N) is 1. The van der Waals surface area contributed by atoms with E-state index in [0.717, 1.165) is 15.6 Å². The van der Waals surface area contributed by atoms with E-state index in [1.165, 1.54) is 0 Å². The van der Waals surface area contributed by atoms with Crippen LogP contribution in [-0.4, -0.2) is 20.6 Å². The molecule has 3 N–H and O–H groups in total. The summed E-state index contributed by atoms with van der Waals surface area (Å²) >= 11 is 11.1. The highest BCUT2D eigenvalue weighted by Gasteiger charge is 2.13. The molecule has 0 bridgehead atoms. The number of rotatable bonds is 2. The van der Waals surface area contributed by atoms with Crippen molar-refractivity contribution in [3.63, 3.8) is 0 Å². The van der Waals surface area contributed by atoms with Crippen LogP contribution in [0.5, 0.6) is 0 Å². The van der Waals surface area contributed by atoms with Crippen molar-refractivity contribution in [2.45, 2.75) is 0 Å². The van der Waals surface area contributed by atoms with Crippen molar-refractivity contribution in [2.75, 3.05) is 5.43 Å². The number of aromatic amines is 2. The Morgan fingerprint density at radius 3 is 2.72 bits per heavy atom. The van der Waals surface area contributed by atoms with Crippen LogP contribution >= 0.6 is 23.8 Å². The lowest BCUT2D eigenvalue weighted by Gasteiger charge is -2.08. The van der Waals surface area contributed by atoms with Crippen molar-refractivity contribution in [1.29, 1.82) is 0 Å². The van der Waals surface area contributed by atoms with Crippen molar-refractivity contribution >= 4 is 51.5 Å². The van der Waals surface area contributed by atoms with Crippen molar-refractivity contribution < 1.29 is 4.79 Å². The molecule has 0 atom stereocenters. The fourth-order valence-corrected chi connectivity index (χ4v) is 3.07. The van der Waals surface area contributed by atoms with Gasteiger partial charge in [0.15, 0.2) is 4.77 Å². The molecule has 0 aliphatic heterocycles. The maximum Gasteiger partial charge on any atom is 0.286 e. The fourth-order valence-electron chi connectivity index (χ4n) is 2.65. The Kier molecular flexibility index (Phi) is 3.67. The number of carbonyl (C=O) groups is 1. The quantitative estimate of drug-likeness (QED) is 0.472. The summed E-state index contributed by atoms with van der Waals surface area (Å²) in [6, 6.07) is 13.9. The molecule has 4 aromatic rings. The number of para-hydroxylation sites is 1. The molecule has 0 aliphatic rings. The largest absolute Gasteiger partial charge is 0.350 e. The number of halogens is 1. The first-order chi connectivity index (χ1) is 12.0. The van der Waals surface area contributed by atoms with Gasteiger partial charge in [-0.15, -0.1) is 0 Å². The number of fused-ring (bicyclic) bond motifs is 2. The molecule has 8 heteroatoms. The minimum absolute atomic E-state index is 0.108. The number of hydrogen-bond acceptors (Lipinski definition) is 3. The van der Waals surface area contributed by atoms with Crippen molar-refractivity contribution in [2.24, 2.45) is 0 Å². The topological polar surface area (TPSA) is 82.7 Å². The average Bonchev–Trinajstić information content (AvgIpc) is 3.01. The summed E-state index contributed by atoms with van der Waals surface area (Å²) in [5, 5.41) is 1.81. The molecular formula is C17H11ClN4O2S. The minimum atomic E-state index is -0.482. The van der Waals surface area contributed by atoms with Crippen LogP contribution in [0, 0.1) is 4.77 Å². The van der Waals surface area contributed by atoms with Crippen LogP contribution < -0.4 is 11.0 Å². The summed E-state index contributed by atoms with van der Waals surface area (Å²) in [7, 11) is 0. The van der Waals surface area contributed by atoms with Crippen LogP contribution in [0.25, 0.3) is 21.8 Å². The number of H-pyrrole nitrogens is 2. The second-order valence-electron chi connectivity index (χ2n) is 5.47. The fraction of sp³-hybridized carbons (Fsp3) is 0. The van der Waals surface area contributed by atoms with E-state index < -0.39 is 11.5 Å². The number of benzene rings is 2. The molecule has 2 heterocycles. The van der Waals surface area contributed by atoms with Crippen molar-refractivity contribution in [3.05, 3.63) is 74.4 Å². The molecule has 0 saturated heterocycles. The normalized spacial score (nSPS) is 11.1. The molecule has 0 unspecified atom stereocenters. The highest BCUT2D eigenvalue weighted by atomic mass is 35.5. The van der Waals surface area contributed by atoms with Gasteiger partial charge in [-0.05, 0) is 48.6 Å². The first-order valence-electron chi connectivity index (χ1n) is 7.36. The molecular weight excluding hydrogens is 360 g/mol. The van der Waals surface area contributed by atoms with Crippen LogP contribution in [0.15, 0.2) is 53.3 Å². The highest BCUT2D eigenvalue weighted by molar-refractivity contribution is 7.71. The summed E-state index contributed by atoms with van der Waals surface area (Å²) < 4.78 is 1.13. The zero-order chi connectivity index (χ0) is 17.6. The van der Waals surface area contributed by atoms with Crippen LogP contribution in [-0.2, 0) is 0 Å². The predicted molar refractivity (Wildman–Crippen MR) is 100 cm³/mol. The smallest absolute Gasteiger partial charge is 0.286 e. The van der Waals surface area contributed by atoms with Gasteiger partial charge in [0, 0.05) is 15.9 Å². The minimum Gasteiger partial charge on any atom is -0.350 e. The van der Waals surface area contributed by atoms with Crippen molar-refractivity contribution in [3.8, 4) is 0 Å². The van der Waals surface area contributed by atoms with Gasteiger partial charge in [0.1, 0.15) is 5.69 Å². The SMILES string of the molecule is O=C(Nn1c(=S)[nH]c2ccccc2c1=O)c1cc2cc(Cl)ccc2[nH]1. The van der Waals surface area contributed by atoms with Gasteiger partial charge < -0.3 is 9.97 Å². The maximum absolute atomic E-state index is 12.6. The van der Waals surface area contributed by atoms with Gasteiger partial charge in [-0.3, -0.25) is 15.0 Å². The highest BCUT2D eigenvalue weighted by Crippen LogP contribution is 2.20. The molecule has 25 heavy (non-hydrogen) atoms. The third kappa shape index (κ3) is 2.73. The molecule has 4 rings (SSSR count). The lowest BCUT2D eigenvalue weighted by molar-refractivity contribution is 0.100. The van der Waals surface area contributed by atoms with E-state index in [4.69, 9.17) is 23.8 Å². The Morgan fingerprint density at radius 2 is 1.88 bits per heavy atom. The Bertz CT molecular complexity index is 1250. The van der Waals surface area contributed by atoms with E-state index in [-0.39, 0.29) is 4.77 Å². The number of hydrogen-bond donors (Lipinski definition) is 3. The summed E-state index contributed by atoms with van der Waals surface area (Å²) in [6.07, 6.45) is 0. The number of carbonyl (C=O) groups excluding carboxylic acids is 1. The van der Waals surface area contributed by atoms with E-state index in [2.05, 4.69) is 15.4 Å². The van der Waals surface area contributed by atoms with E-state index in [1.54, 1.807) is 48.5 Å². The van der Waals surface area contributed by atoms with E-state index in [9.17, 15) is 9.59 Å². The van der Waals surface area contributed by atoms with Gasteiger partial charge in [0.25, 0.3) is 11.5 Å². The first-order valence-corrected chi connectivity index (χ1v) is 8.15. The van der Waals surface area contributed by atoms with Gasteiger partial charge in [-0.1, -0.05) is 23.7 Å². The second-order valence-corrected chi connectivity index (χ2v) is 6.29. The summed E-state index contributed by atoms with van der Waals surface area (Å²) in [4.78, 5) is 31.0. The van der Waals surface area contributed by atoms with E-state index in [0.29, 0.717) is 21.6 Å². The summed E-state index contributed by atoms with van der Waals surface area (Å²) in [6.45, 7) is 0. The van der Waals surface area contributed by atoms with Crippen molar-refractivity contribution in [1.82, 2.24) is 14.6 Å². The predicted octanol–water partition coefficient (Wildman–Crippen LogP) is 3.58. The third-order valence-corrected chi connectivity index (χ3v) is 4.37. The van der Waals surface area contributed by atoms with E-state index >= 15 is 0 Å². The number of aromatic nitrogens is 3. The Hall–Kier alpha value is -2.90. The molecule has 2 aromatic heterocycles. The third-order valence-electron chi connectivity index (χ3n) is 3.85. The lowest BCUT2D eigenvalue weighted by Crippen LogP contribution is -2.34. The maximum atomic E-state index is 12.6. The Balaban J connectivity index is 1.76. The molecule has 0 radical (unpaired) electrons. The number of nitrogens with one attached hydrogen (secondary N) is 3. The first kappa shape index (κ1) is 15.6. The van der Waals surface area contributed by atoms with Crippen LogP contribution in [0.1, 0.15) is 10.5 Å². The average molecular weight is 371 g/mol. The Morgan fingerprint density at radius 1 is 1.08 bits per heavy atom. The van der Waals surface area contributed by atoms with E-state index in [1.807, 2.05) is 0 Å². The van der Waals surface area contributed by atoms with Gasteiger partial charge in [0.2, 0.25) is 0 Å². The van der Waals surface area contributed by atoms with Crippen LogP contribution in [0.3, 0.4) is 0 Å². The summed E-state index contributed by atoms with van der Waals surface area (Å²) in [5.41, 5.74) is 3.81. The van der Waals surface area contributed by atoms with Gasteiger partial charge in [-0.2, -0.15) is 4.68 Å². The van der Waals surface area contributed by atoms with Gasteiger partial charge >= 0.3 is 0 Å². The molecule has 0 fully saturated rings. The molecule has 0 spiro atoms. The number of amides is 1. The molecule has 1 amide bonds. The second kappa shape index (κ2) is 5.87. The zero-order valence-corrected chi connectivity index (χ0v) is 14.2. The molecule has 0 aliphatic carbocycles.